The Balaban J connectivity index is 1.97. The van der Waals surface area contributed by atoms with Crippen LogP contribution >= 0.6 is 0 Å². The fourth-order valence-electron chi connectivity index (χ4n) is 2.70. The van der Waals surface area contributed by atoms with Gasteiger partial charge in [0, 0.05) is 6.04 Å². The van der Waals surface area contributed by atoms with Gasteiger partial charge in [0.1, 0.15) is 5.75 Å². The van der Waals surface area contributed by atoms with Gasteiger partial charge in [-0.05, 0) is 38.3 Å². The molecule has 0 radical (unpaired) electrons. The Bertz CT molecular complexity index is 618. The standard InChI is InChI=1S/C16H18F3NO4/c1-9(14(21)20-11-7-6-10(8-11)15(22)23)24-13-5-3-2-4-12(13)16(17,18)19/h2-5,9-11H,6-8H2,1H3,(H,20,21)(H,22,23)/t9?,10-,11+/m1/s1. The first-order chi connectivity index (χ1) is 11.2. The fraction of sp³-hybridized carbons (Fsp3) is 0.500. The smallest absolute Gasteiger partial charge is 0.419 e. The third-order valence-corrected chi connectivity index (χ3v) is 3.99. The van der Waals surface area contributed by atoms with E-state index in [1.807, 2.05) is 0 Å². The van der Waals surface area contributed by atoms with Crippen molar-refractivity contribution in [2.45, 2.75) is 44.5 Å². The predicted molar refractivity (Wildman–Crippen MR) is 78.4 cm³/mol. The van der Waals surface area contributed by atoms with Gasteiger partial charge in [-0.25, -0.2) is 0 Å². The van der Waals surface area contributed by atoms with E-state index in [1.165, 1.54) is 19.1 Å². The van der Waals surface area contributed by atoms with Gasteiger partial charge in [-0.15, -0.1) is 0 Å². The van der Waals surface area contributed by atoms with E-state index in [-0.39, 0.29) is 6.04 Å². The second kappa shape index (κ2) is 7.11. The monoisotopic (exact) mass is 345 g/mol. The van der Waals surface area contributed by atoms with Crippen LogP contribution in [0, 0.1) is 5.92 Å². The second-order valence-electron chi connectivity index (χ2n) is 5.81. The van der Waals surface area contributed by atoms with Crippen molar-refractivity contribution in [3.63, 3.8) is 0 Å². The van der Waals surface area contributed by atoms with Gasteiger partial charge in [-0.2, -0.15) is 13.2 Å². The van der Waals surface area contributed by atoms with Crippen molar-refractivity contribution in [3.8, 4) is 5.75 Å². The number of para-hydroxylation sites is 1. The quantitative estimate of drug-likeness (QED) is 0.860. The highest BCUT2D eigenvalue weighted by molar-refractivity contribution is 5.81. The average Bonchev–Trinajstić information content (AvgIpc) is 2.95. The number of carbonyl (C=O) groups excluding carboxylic acids is 1. The van der Waals surface area contributed by atoms with E-state index in [0.29, 0.717) is 19.3 Å². The lowest BCUT2D eigenvalue weighted by atomic mass is 10.1. The molecule has 0 aliphatic heterocycles. The molecule has 24 heavy (non-hydrogen) atoms. The summed E-state index contributed by atoms with van der Waals surface area (Å²) in [5.74, 6) is -2.39. The molecule has 0 aromatic heterocycles. The summed E-state index contributed by atoms with van der Waals surface area (Å²) in [5.41, 5.74) is -0.948. The van der Waals surface area contributed by atoms with Gasteiger partial charge < -0.3 is 15.2 Å². The third-order valence-electron chi connectivity index (χ3n) is 3.99. The van der Waals surface area contributed by atoms with E-state index in [4.69, 9.17) is 9.84 Å². The van der Waals surface area contributed by atoms with Crippen LogP contribution in [0.1, 0.15) is 31.7 Å². The summed E-state index contributed by atoms with van der Waals surface area (Å²) >= 11 is 0. The summed E-state index contributed by atoms with van der Waals surface area (Å²) in [4.78, 5) is 23.0. The fourth-order valence-corrected chi connectivity index (χ4v) is 2.70. The minimum atomic E-state index is -4.58. The topological polar surface area (TPSA) is 75.6 Å². The maximum atomic E-state index is 12.9. The molecular weight excluding hydrogens is 327 g/mol. The van der Waals surface area contributed by atoms with Gasteiger partial charge in [-0.1, -0.05) is 12.1 Å². The molecule has 8 heteroatoms. The highest BCUT2D eigenvalue weighted by Gasteiger charge is 2.35. The van der Waals surface area contributed by atoms with E-state index >= 15 is 0 Å². The molecule has 0 spiro atoms. The van der Waals surface area contributed by atoms with E-state index < -0.39 is 41.4 Å². The number of carbonyl (C=O) groups is 2. The van der Waals surface area contributed by atoms with E-state index in [9.17, 15) is 22.8 Å². The number of nitrogens with one attached hydrogen (secondary N) is 1. The molecule has 0 saturated heterocycles. The first kappa shape index (κ1) is 18.1. The van der Waals surface area contributed by atoms with Crippen molar-refractivity contribution < 1.29 is 32.6 Å². The lowest BCUT2D eigenvalue weighted by Crippen LogP contribution is -2.41. The molecule has 0 bridgehead atoms. The summed E-state index contributed by atoms with van der Waals surface area (Å²) in [6, 6.07) is 4.37. The number of hydrogen-bond acceptors (Lipinski definition) is 3. The number of alkyl halides is 3. The zero-order valence-electron chi connectivity index (χ0n) is 13.0. The highest BCUT2D eigenvalue weighted by atomic mass is 19.4. The summed E-state index contributed by atoms with van der Waals surface area (Å²) < 4.78 is 43.9. The molecule has 0 heterocycles. The Kier molecular flexibility index (Phi) is 5.36. The number of halogens is 3. The van der Waals surface area contributed by atoms with Crippen LogP contribution in [0.25, 0.3) is 0 Å². The third kappa shape index (κ3) is 4.39. The molecule has 1 aromatic carbocycles. The maximum Gasteiger partial charge on any atom is 0.419 e. The molecule has 1 fully saturated rings. The molecule has 2 N–H and O–H groups in total. The lowest BCUT2D eigenvalue weighted by Gasteiger charge is -2.20. The summed E-state index contributed by atoms with van der Waals surface area (Å²) in [6.45, 7) is 1.35. The number of aliphatic carboxylic acids is 1. The number of benzene rings is 1. The first-order valence-electron chi connectivity index (χ1n) is 7.54. The van der Waals surface area contributed by atoms with Gasteiger partial charge in [-0.3, -0.25) is 9.59 Å². The van der Waals surface area contributed by atoms with Crippen molar-refractivity contribution in [1.29, 1.82) is 0 Å². The minimum absolute atomic E-state index is 0.303. The summed E-state index contributed by atoms with van der Waals surface area (Å²) in [7, 11) is 0. The second-order valence-corrected chi connectivity index (χ2v) is 5.81. The van der Waals surface area contributed by atoms with Crippen LogP contribution in [-0.2, 0) is 15.8 Å². The van der Waals surface area contributed by atoms with Gasteiger partial charge in [0.25, 0.3) is 5.91 Å². The van der Waals surface area contributed by atoms with Crippen molar-refractivity contribution in [2.75, 3.05) is 0 Å². The molecule has 132 valence electrons. The molecule has 1 amide bonds. The zero-order chi connectivity index (χ0) is 17.9. The Morgan fingerprint density at radius 2 is 1.96 bits per heavy atom. The molecule has 1 unspecified atom stereocenters. The average molecular weight is 345 g/mol. The molecule has 5 nitrogen and oxygen atoms in total. The van der Waals surface area contributed by atoms with Crippen molar-refractivity contribution in [3.05, 3.63) is 29.8 Å². The summed E-state index contributed by atoms with van der Waals surface area (Å²) in [5, 5.41) is 11.6. The van der Waals surface area contributed by atoms with Crippen molar-refractivity contribution in [2.24, 2.45) is 5.92 Å². The molecule has 1 aromatic rings. The van der Waals surface area contributed by atoms with Gasteiger partial charge >= 0.3 is 12.1 Å². The number of carboxylic acids is 1. The van der Waals surface area contributed by atoms with Crippen LogP contribution in [0.15, 0.2) is 24.3 Å². The minimum Gasteiger partial charge on any atom is -0.481 e. The highest BCUT2D eigenvalue weighted by Crippen LogP contribution is 2.36. The number of hydrogen-bond donors (Lipinski definition) is 2. The van der Waals surface area contributed by atoms with Crippen molar-refractivity contribution >= 4 is 11.9 Å². The van der Waals surface area contributed by atoms with Gasteiger partial charge in [0.2, 0.25) is 0 Å². The molecule has 1 saturated carbocycles. The molecule has 1 aliphatic carbocycles. The van der Waals surface area contributed by atoms with E-state index in [0.717, 1.165) is 12.1 Å². The molecule has 3 atom stereocenters. The van der Waals surface area contributed by atoms with Crippen LogP contribution in [0.2, 0.25) is 0 Å². The number of rotatable bonds is 5. The Labute approximate surface area is 136 Å². The van der Waals surface area contributed by atoms with E-state index in [1.54, 1.807) is 0 Å². The Morgan fingerprint density at radius 3 is 2.54 bits per heavy atom. The molecule has 1 aliphatic rings. The SMILES string of the molecule is CC(Oc1ccccc1C(F)(F)F)C(=O)N[C@H]1CC[C@@H](C(=O)O)C1. The Hall–Kier alpha value is -2.25. The van der Waals surface area contributed by atoms with Crippen LogP contribution in [0.3, 0.4) is 0 Å². The van der Waals surface area contributed by atoms with Gasteiger partial charge in [0.05, 0.1) is 11.5 Å². The van der Waals surface area contributed by atoms with Crippen LogP contribution in [0.4, 0.5) is 13.2 Å². The zero-order valence-corrected chi connectivity index (χ0v) is 13.0. The molecule has 2 rings (SSSR count). The van der Waals surface area contributed by atoms with Crippen molar-refractivity contribution in [1.82, 2.24) is 5.32 Å². The van der Waals surface area contributed by atoms with Crippen LogP contribution in [-0.4, -0.2) is 29.1 Å². The lowest BCUT2D eigenvalue weighted by molar-refractivity contribution is -0.141. The first-order valence-corrected chi connectivity index (χ1v) is 7.54. The largest absolute Gasteiger partial charge is 0.481 e. The van der Waals surface area contributed by atoms with Crippen LogP contribution in [0.5, 0.6) is 5.75 Å². The summed E-state index contributed by atoms with van der Waals surface area (Å²) in [6.07, 6.45) is -4.40. The number of amides is 1. The maximum absolute atomic E-state index is 12.9. The Morgan fingerprint density at radius 1 is 1.29 bits per heavy atom. The van der Waals surface area contributed by atoms with Crippen LogP contribution < -0.4 is 10.1 Å². The molecular formula is C16H18F3NO4. The van der Waals surface area contributed by atoms with E-state index in [2.05, 4.69) is 5.32 Å². The predicted octanol–water partition coefficient (Wildman–Crippen LogP) is 2.84. The normalized spacial score (nSPS) is 22.0. The van der Waals surface area contributed by atoms with Gasteiger partial charge in [0.15, 0.2) is 6.10 Å². The number of ether oxygens (including phenoxy) is 1. The number of carboxylic acid groups (broad SMARTS) is 1.